The van der Waals surface area contributed by atoms with Gasteiger partial charge >= 0.3 is 0 Å². The number of nitrogens with zero attached hydrogens (tertiary/aromatic N) is 5. The van der Waals surface area contributed by atoms with Crippen LogP contribution in [0.3, 0.4) is 0 Å². The molecule has 0 spiro atoms. The van der Waals surface area contributed by atoms with Crippen molar-refractivity contribution in [2.45, 2.75) is 70.0 Å². The Hall–Kier alpha value is -3.27. The second-order valence-corrected chi connectivity index (χ2v) is 10.9. The topological polar surface area (TPSA) is 93.7 Å². The molecule has 1 saturated heterocycles. The molecule has 0 N–H and O–H groups in total. The molecule has 3 aromatic rings. The van der Waals surface area contributed by atoms with E-state index in [0.29, 0.717) is 44.1 Å². The Balaban J connectivity index is 1.26. The largest absolute Gasteiger partial charge is 0.497 e. The molecule has 2 aromatic heterocycles. The van der Waals surface area contributed by atoms with Gasteiger partial charge in [-0.3, -0.25) is 14.2 Å². The number of aromatic nitrogens is 3. The highest BCUT2D eigenvalue weighted by molar-refractivity contribution is 7.99. The Morgan fingerprint density at radius 3 is 2.49 bits per heavy atom. The predicted octanol–water partition coefficient (Wildman–Crippen LogP) is 5.44. The van der Waals surface area contributed by atoms with Crippen LogP contribution in [-0.2, 0) is 9.59 Å². The minimum absolute atomic E-state index is 0.0695. The fraction of sp³-hybridized carbons (Fsp3) is 0.517. The maximum atomic E-state index is 12.9. The van der Waals surface area contributed by atoms with Crippen LogP contribution in [0.2, 0.25) is 0 Å². The molecule has 1 fully saturated rings. The molecule has 0 saturated carbocycles. The lowest BCUT2D eigenvalue weighted by Crippen LogP contribution is -2.55. The summed E-state index contributed by atoms with van der Waals surface area (Å²) in [5.41, 5.74) is 0.919. The maximum absolute atomic E-state index is 12.9. The molecule has 3 heterocycles. The zero-order chi connectivity index (χ0) is 27.6. The van der Waals surface area contributed by atoms with E-state index in [1.807, 2.05) is 57.7 Å². The van der Waals surface area contributed by atoms with E-state index in [4.69, 9.17) is 9.15 Å². The standard InChI is InChI=1S/C29H39N5O4S/c1-4-5-6-12-27(36)33-18-17-32(21-22(33)2)26(35)11-7-8-20-39-29-31-30-28(25-10-9-19-38-25)34(29)23-13-15-24(37-3)16-14-23/h9-10,13-16,19,22H,4-8,11-12,17-18,20-21H2,1-3H3. The van der Waals surface area contributed by atoms with Crippen LogP contribution >= 0.6 is 11.8 Å². The second kappa shape index (κ2) is 14.2. The minimum Gasteiger partial charge on any atom is -0.497 e. The van der Waals surface area contributed by atoms with Crippen molar-refractivity contribution < 1.29 is 18.7 Å². The first-order valence-corrected chi connectivity index (χ1v) is 14.8. The van der Waals surface area contributed by atoms with E-state index in [1.54, 1.807) is 25.1 Å². The summed E-state index contributed by atoms with van der Waals surface area (Å²) in [5, 5.41) is 9.59. The van der Waals surface area contributed by atoms with Gasteiger partial charge < -0.3 is 19.0 Å². The first-order chi connectivity index (χ1) is 19.0. The summed E-state index contributed by atoms with van der Waals surface area (Å²) in [4.78, 5) is 29.3. The van der Waals surface area contributed by atoms with Crippen LogP contribution in [0.4, 0.5) is 0 Å². The number of amides is 2. The normalized spacial score (nSPS) is 15.5. The van der Waals surface area contributed by atoms with Gasteiger partial charge in [-0.05, 0) is 62.6 Å². The molecular weight excluding hydrogens is 514 g/mol. The highest BCUT2D eigenvalue weighted by Gasteiger charge is 2.29. The van der Waals surface area contributed by atoms with Crippen LogP contribution < -0.4 is 4.74 Å². The quantitative estimate of drug-likeness (QED) is 0.206. The molecule has 1 atom stereocenters. The van der Waals surface area contributed by atoms with Crippen LogP contribution in [0.25, 0.3) is 17.3 Å². The van der Waals surface area contributed by atoms with Crippen LogP contribution in [0, 0.1) is 0 Å². The summed E-state index contributed by atoms with van der Waals surface area (Å²) >= 11 is 1.62. The Morgan fingerprint density at radius 2 is 1.79 bits per heavy atom. The number of carbonyl (C=O) groups is 2. The molecule has 2 amide bonds. The summed E-state index contributed by atoms with van der Waals surface area (Å²) in [6, 6.07) is 11.5. The lowest BCUT2D eigenvalue weighted by atomic mass is 10.1. The Labute approximate surface area is 234 Å². The molecule has 0 aliphatic carbocycles. The molecule has 210 valence electrons. The summed E-state index contributed by atoms with van der Waals surface area (Å²) < 4.78 is 12.9. The van der Waals surface area contributed by atoms with E-state index in [2.05, 4.69) is 17.1 Å². The molecule has 4 rings (SSSR count). The average molecular weight is 554 g/mol. The number of piperazine rings is 1. The minimum atomic E-state index is 0.0695. The van der Waals surface area contributed by atoms with Gasteiger partial charge in [-0.15, -0.1) is 10.2 Å². The van der Waals surface area contributed by atoms with Gasteiger partial charge in [0, 0.05) is 44.3 Å². The number of benzene rings is 1. The van der Waals surface area contributed by atoms with Crippen molar-refractivity contribution in [1.82, 2.24) is 24.6 Å². The molecule has 1 aliphatic rings. The third-order valence-electron chi connectivity index (χ3n) is 7.02. The van der Waals surface area contributed by atoms with Gasteiger partial charge in [0.1, 0.15) is 5.75 Å². The van der Waals surface area contributed by atoms with E-state index in [9.17, 15) is 9.59 Å². The number of carbonyl (C=O) groups excluding carboxylic acids is 2. The van der Waals surface area contributed by atoms with Gasteiger partial charge in [-0.25, -0.2) is 0 Å². The molecule has 0 radical (unpaired) electrons. The number of thioether (sulfide) groups is 1. The lowest BCUT2D eigenvalue weighted by molar-refractivity contribution is -0.142. The molecule has 9 nitrogen and oxygen atoms in total. The third kappa shape index (κ3) is 7.44. The van der Waals surface area contributed by atoms with Gasteiger partial charge in [-0.2, -0.15) is 0 Å². The molecule has 1 unspecified atom stereocenters. The molecule has 0 bridgehead atoms. The molecule has 10 heteroatoms. The number of ether oxygens (including phenoxy) is 1. The van der Waals surface area contributed by atoms with Crippen LogP contribution in [0.15, 0.2) is 52.2 Å². The lowest BCUT2D eigenvalue weighted by Gasteiger charge is -2.40. The molecule has 1 aliphatic heterocycles. The summed E-state index contributed by atoms with van der Waals surface area (Å²) in [7, 11) is 1.64. The Bertz CT molecular complexity index is 1190. The van der Waals surface area contributed by atoms with E-state index in [0.717, 1.165) is 54.5 Å². The average Bonchev–Trinajstić information content (AvgIpc) is 3.63. The van der Waals surface area contributed by atoms with Gasteiger partial charge in [0.15, 0.2) is 10.9 Å². The number of methoxy groups -OCH3 is 1. The number of hydrogen-bond acceptors (Lipinski definition) is 7. The zero-order valence-electron chi connectivity index (χ0n) is 23.2. The third-order valence-corrected chi connectivity index (χ3v) is 8.03. The SMILES string of the molecule is CCCCCC(=O)N1CCN(C(=O)CCCCSc2nnc(-c3ccco3)n2-c2ccc(OC)cc2)CC1C. The van der Waals surface area contributed by atoms with Crippen molar-refractivity contribution in [3.05, 3.63) is 42.7 Å². The summed E-state index contributed by atoms with van der Waals surface area (Å²) in [6.07, 6.45) is 7.57. The zero-order valence-corrected chi connectivity index (χ0v) is 24.0. The number of rotatable bonds is 13. The first-order valence-electron chi connectivity index (χ1n) is 13.9. The van der Waals surface area contributed by atoms with Gasteiger partial charge in [0.05, 0.1) is 19.1 Å². The maximum Gasteiger partial charge on any atom is 0.222 e. The van der Waals surface area contributed by atoms with Crippen molar-refractivity contribution >= 4 is 23.6 Å². The summed E-state index contributed by atoms with van der Waals surface area (Å²) in [5.74, 6) is 3.27. The highest BCUT2D eigenvalue weighted by Crippen LogP contribution is 2.29. The first kappa shape index (κ1) is 28.7. The van der Waals surface area contributed by atoms with Crippen LogP contribution in [-0.4, -0.2) is 74.9 Å². The van der Waals surface area contributed by atoms with Gasteiger partial charge in [-0.1, -0.05) is 31.5 Å². The van der Waals surface area contributed by atoms with Crippen molar-refractivity contribution in [2.24, 2.45) is 0 Å². The van der Waals surface area contributed by atoms with Gasteiger partial charge in [0.25, 0.3) is 0 Å². The molecular formula is C29H39N5O4S. The molecule has 39 heavy (non-hydrogen) atoms. The van der Waals surface area contributed by atoms with Crippen molar-refractivity contribution in [3.8, 4) is 23.0 Å². The van der Waals surface area contributed by atoms with Crippen molar-refractivity contribution in [2.75, 3.05) is 32.5 Å². The van der Waals surface area contributed by atoms with Crippen LogP contribution in [0.1, 0.15) is 58.8 Å². The smallest absolute Gasteiger partial charge is 0.222 e. The van der Waals surface area contributed by atoms with E-state index in [1.165, 1.54) is 0 Å². The van der Waals surface area contributed by atoms with Crippen molar-refractivity contribution in [1.29, 1.82) is 0 Å². The monoisotopic (exact) mass is 553 g/mol. The fourth-order valence-corrected chi connectivity index (χ4v) is 5.77. The van der Waals surface area contributed by atoms with E-state index >= 15 is 0 Å². The summed E-state index contributed by atoms with van der Waals surface area (Å²) in [6.45, 7) is 6.06. The Kier molecular flexibility index (Phi) is 10.5. The fourth-order valence-electron chi connectivity index (χ4n) is 4.82. The molecule has 1 aromatic carbocycles. The van der Waals surface area contributed by atoms with Crippen LogP contribution in [0.5, 0.6) is 5.75 Å². The van der Waals surface area contributed by atoms with Gasteiger partial charge in [0.2, 0.25) is 17.6 Å². The number of unbranched alkanes of at least 4 members (excludes halogenated alkanes) is 3. The number of hydrogen-bond donors (Lipinski definition) is 0. The second-order valence-electron chi connectivity index (χ2n) is 9.86. The van der Waals surface area contributed by atoms with E-state index in [-0.39, 0.29) is 17.9 Å². The predicted molar refractivity (Wildman–Crippen MR) is 152 cm³/mol. The number of furan rings is 1. The highest BCUT2D eigenvalue weighted by atomic mass is 32.2. The van der Waals surface area contributed by atoms with Crippen molar-refractivity contribution in [3.63, 3.8) is 0 Å². The van der Waals surface area contributed by atoms with E-state index < -0.39 is 0 Å². The Morgan fingerprint density at radius 1 is 1.03 bits per heavy atom.